The van der Waals surface area contributed by atoms with E-state index in [4.69, 9.17) is 0 Å². The van der Waals surface area contributed by atoms with Crippen LogP contribution in [0.3, 0.4) is 0 Å². The average Bonchev–Trinajstić information content (AvgIpc) is 2.81. The molecule has 0 saturated carbocycles. The number of fused-ring (bicyclic) bond motifs is 1. The fourth-order valence-corrected chi connectivity index (χ4v) is 3.43. The van der Waals surface area contributed by atoms with E-state index in [-0.39, 0.29) is 0 Å². The molecule has 5 heteroatoms. The minimum Gasteiger partial charge on any atom is -0.364 e. The van der Waals surface area contributed by atoms with E-state index in [2.05, 4.69) is 47.1 Å². The van der Waals surface area contributed by atoms with Gasteiger partial charge in [-0.15, -0.1) is 11.3 Å². The first-order valence-corrected chi connectivity index (χ1v) is 7.89. The van der Waals surface area contributed by atoms with Crippen LogP contribution in [0.5, 0.6) is 0 Å². The van der Waals surface area contributed by atoms with Gasteiger partial charge in [0, 0.05) is 11.1 Å². The van der Waals surface area contributed by atoms with Gasteiger partial charge >= 0.3 is 0 Å². The van der Waals surface area contributed by atoms with Crippen LogP contribution in [0.1, 0.15) is 28.6 Å². The highest BCUT2D eigenvalue weighted by molar-refractivity contribution is 7.18. The topological polar surface area (TPSA) is 50.7 Å². The van der Waals surface area contributed by atoms with Crippen LogP contribution in [0.15, 0.2) is 24.7 Å². The summed E-state index contributed by atoms with van der Waals surface area (Å²) in [6, 6.07) is 4.11. The van der Waals surface area contributed by atoms with Crippen LogP contribution in [-0.2, 0) is 13.0 Å². The molecule has 0 aromatic carbocycles. The number of hydrogen-bond donors (Lipinski definition) is 1. The number of pyridine rings is 1. The smallest absolute Gasteiger partial charge is 0.138 e. The molecule has 1 N–H and O–H groups in total. The zero-order valence-corrected chi connectivity index (χ0v) is 13.3. The minimum atomic E-state index is 0.685. The summed E-state index contributed by atoms with van der Waals surface area (Å²) in [5, 5.41) is 4.56. The Morgan fingerprint density at radius 3 is 2.86 bits per heavy atom. The van der Waals surface area contributed by atoms with E-state index in [9.17, 15) is 0 Å². The van der Waals surface area contributed by atoms with E-state index in [1.54, 1.807) is 17.7 Å². The first-order valence-electron chi connectivity index (χ1n) is 7.08. The molecule has 0 unspecified atom stereocenters. The molecule has 0 atom stereocenters. The molecule has 0 aliphatic heterocycles. The van der Waals surface area contributed by atoms with E-state index in [0.29, 0.717) is 6.54 Å². The summed E-state index contributed by atoms with van der Waals surface area (Å²) in [6.07, 6.45) is 4.45. The lowest BCUT2D eigenvalue weighted by molar-refractivity contribution is 0.965. The van der Waals surface area contributed by atoms with Gasteiger partial charge in [0.05, 0.1) is 17.6 Å². The van der Waals surface area contributed by atoms with Gasteiger partial charge in [-0.05, 0) is 37.5 Å². The molecule has 0 aliphatic rings. The molecule has 4 nitrogen and oxygen atoms in total. The number of hydrogen-bond acceptors (Lipinski definition) is 5. The van der Waals surface area contributed by atoms with E-state index < -0.39 is 0 Å². The van der Waals surface area contributed by atoms with Gasteiger partial charge in [0.1, 0.15) is 17.0 Å². The number of nitrogens with zero attached hydrogens (tertiary/aromatic N) is 3. The molecule has 3 aromatic heterocycles. The highest BCUT2D eigenvalue weighted by Gasteiger charge is 2.12. The Labute approximate surface area is 128 Å². The van der Waals surface area contributed by atoms with Gasteiger partial charge in [0.2, 0.25) is 0 Å². The largest absolute Gasteiger partial charge is 0.364 e. The lowest BCUT2D eigenvalue weighted by Gasteiger charge is -2.09. The number of thiophene rings is 1. The maximum Gasteiger partial charge on any atom is 0.138 e. The van der Waals surface area contributed by atoms with Crippen molar-refractivity contribution in [2.75, 3.05) is 5.32 Å². The second-order valence-corrected chi connectivity index (χ2v) is 6.21. The molecule has 3 aromatic rings. The van der Waals surface area contributed by atoms with Crippen molar-refractivity contribution in [1.29, 1.82) is 0 Å². The van der Waals surface area contributed by atoms with Crippen molar-refractivity contribution < 1.29 is 0 Å². The molecular weight excluding hydrogens is 280 g/mol. The standard InChI is InChI=1S/C16H18N4S/c1-4-12-6-5-7-17-13(12)8-18-15-14-10(2)11(3)21-16(14)20-9-19-15/h5-7,9H,4,8H2,1-3H3,(H,18,19,20). The number of anilines is 1. The summed E-state index contributed by atoms with van der Waals surface area (Å²) < 4.78 is 0. The van der Waals surface area contributed by atoms with E-state index >= 15 is 0 Å². The quantitative estimate of drug-likeness (QED) is 0.794. The van der Waals surface area contributed by atoms with Gasteiger partial charge in [-0.1, -0.05) is 13.0 Å². The summed E-state index contributed by atoms with van der Waals surface area (Å²) in [6.45, 7) is 7.08. The molecule has 0 radical (unpaired) electrons. The van der Waals surface area contributed by atoms with Crippen LogP contribution >= 0.6 is 11.3 Å². The van der Waals surface area contributed by atoms with Crippen molar-refractivity contribution in [2.24, 2.45) is 0 Å². The van der Waals surface area contributed by atoms with E-state index in [0.717, 1.165) is 28.1 Å². The van der Waals surface area contributed by atoms with Gasteiger partial charge < -0.3 is 5.32 Å². The Bertz CT molecular complexity index is 779. The molecule has 3 rings (SSSR count). The third-order valence-electron chi connectivity index (χ3n) is 3.75. The van der Waals surface area contributed by atoms with Crippen molar-refractivity contribution >= 4 is 27.4 Å². The molecule has 3 heterocycles. The SMILES string of the molecule is CCc1cccnc1CNc1ncnc2sc(C)c(C)c12. The van der Waals surface area contributed by atoms with Gasteiger partial charge in [-0.25, -0.2) is 9.97 Å². The van der Waals surface area contributed by atoms with Crippen LogP contribution in [0.25, 0.3) is 10.2 Å². The third kappa shape index (κ3) is 2.61. The first-order chi connectivity index (χ1) is 10.2. The van der Waals surface area contributed by atoms with Crippen molar-refractivity contribution in [3.8, 4) is 0 Å². The highest BCUT2D eigenvalue weighted by Crippen LogP contribution is 2.32. The van der Waals surface area contributed by atoms with Gasteiger partial charge in [-0.3, -0.25) is 4.98 Å². The van der Waals surface area contributed by atoms with Gasteiger partial charge in [0.25, 0.3) is 0 Å². The Hall–Kier alpha value is -2.01. The number of nitrogens with one attached hydrogen (secondary N) is 1. The minimum absolute atomic E-state index is 0.685. The molecular formula is C16H18N4S. The summed E-state index contributed by atoms with van der Waals surface area (Å²) in [7, 11) is 0. The molecule has 108 valence electrons. The average molecular weight is 298 g/mol. The summed E-state index contributed by atoms with van der Waals surface area (Å²) in [5.74, 6) is 0.898. The molecule has 0 spiro atoms. The maximum absolute atomic E-state index is 4.47. The molecule has 0 bridgehead atoms. The predicted molar refractivity (Wildman–Crippen MR) is 87.8 cm³/mol. The lowest BCUT2D eigenvalue weighted by atomic mass is 10.1. The fraction of sp³-hybridized carbons (Fsp3) is 0.312. The van der Waals surface area contributed by atoms with Crippen LogP contribution in [0.2, 0.25) is 0 Å². The predicted octanol–water partition coefficient (Wildman–Crippen LogP) is 3.88. The fourth-order valence-electron chi connectivity index (χ4n) is 2.44. The zero-order chi connectivity index (χ0) is 14.8. The normalized spacial score (nSPS) is 11.0. The van der Waals surface area contributed by atoms with Gasteiger partial charge in [-0.2, -0.15) is 0 Å². The Morgan fingerprint density at radius 2 is 2.05 bits per heavy atom. The Morgan fingerprint density at radius 1 is 1.19 bits per heavy atom. The van der Waals surface area contributed by atoms with Crippen molar-refractivity contribution in [1.82, 2.24) is 15.0 Å². The van der Waals surface area contributed by atoms with Crippen LogP contribution in [0, 0.1) is 13.8 Å². The van der Waals surface area contributed by atoms with Crippen LogP contribution < -0.4 is 5.32 Å². The van der Waals surface area contributed by atoms with Gasteiger partial charge in [0.15, 0.2) is 0 Å². The maximum atomic E-state index is 4.47. The molecule has 21 heavy (non-hydrogen) atoms. The van der Waals surface area contributed by atoms with Crippen molar-refractivity contribution in [2.45, 2.75) is 33.7 Å². The second-order valence-electron chi connectivity index (χ2n) is 5.00. The van der Waals surface area contributed by atoms with E-state index in [1.807, 2.05) is 12.3 Å². The zero-order valence-electron chi connectivity index (χ0n) is 12.5. The third-order valence-corrected chi connectivity index (χ3v) is 4.87. The number of aryl methyl sites for hydroxylation is 3. The molecule has 0 fully saturated rings. The molecule has 0 saturated heterocycles. The van der Waals surface area contributed by atoms with E-state index in [1.165, 1.54) is 16.0 Å². The van der Waals surface area contributed by atoms with Crippen molar-refractivity contribution in [3.05, 3.63) is 46.4 Å². The second kappa shape index (κ2) is 5.77. The monoisotopic (exact) mass is 298 g/mol. The summed E-state index contributed by atoms with van der Waals surface area (Å²) in [4.78, 5) is 15.6. The Kier molecular flexibility index (Phi) is 3.84. The first kappa shape index (κ1) is 13.9. The number of aromatic nitrogens is 3. The lowest BCUT2D eigenvalue weighted by Crippen LogP contribution is -2.06. The molecule has 0 aliphatic carbocycles. The van der Waals surface area contributed by atoms with Crippen molar-refractivity contribution in [3.63, 3.8) is 0 Å². The summed E-state index contributed by atoms with van der Waals surface area (Å²) >= 11 is 1.72. The highest BCUT2D eigenvalue weighted by atomic mass is 32.1. The molecule has 0 amide bonds. The summed E-state index contributed by atoms with van der Waals surface area (Å²) in [5.41, 5.74) is 3.61. The Balaban J connectivity index is 1.92. The van der Waals surface area contributed by atoms with Crippen LogP contribution in [0.4, 0.5) is 5.82 Å². The number of rotatable bonds is 4. The van der Waals surface area contributed by atoms with Crippen LogP contribution in [-0.4, -0.2) is 15.0 Å².